The second kappa shape index (κ2) is 6.85. The maximum absolute atomic E-state index is 12.2. The smallest absolute Gasteiger partial charge is 0.252 e. The van der Waals surface area contributed by atoms with Crippen LogP contribution >= 0.6 is 0 Å². The van der Waals surface area contributed by atoms with Crippen LogP contribution in [0.1, 0.15) is 49.5 Å². The minimum atomic E-state index is -0.528. The van der Waals surface area contributed by atoms with Gasteiger partial charge in [0.05, 0.1) is 34.6 Å². The van der Waals surface area contributed by atoms with Crippen LogP contribution in [0.4, 0.5) is 5.69 Å². The lowest BCUT2D eigenvalue weighted by atomic mass is 9.75. The summed E-state index contributed by atoms with van der Waals surface area (Å²) in [5.74, 6) is -0.528. The van der Waals surface area contributed by atoms with Gasteiger partial charge in [-0.05, 0) is 43.5 Å². The summed E-state index contributed by atoms with van der Waals surface area (Å²) < 4.78 is 1.74. The number of carbonyl (C=O) groups excluding carboxylic acids is 1. The number of aromatic nitrogens is 2. The highest BCUT2D eigenvalue weighted by Gasteiger charge is 2.49. The molecule has 1 fully saturated rings. The molecule has 0 aliphatic heterocycles. The molecule has 7 heteroatoms. The number of hydrogen-bond acceptors (Lipinski definition) is 5. The van der Waals surface area contributed by atoms with Crippen LogP contribution in [0.3, 0.4) is 0 Å². The van der Waals surface area contributed by atoms with Crippen molar-refractivity contribution in [1.29, 1.82) is 5.26 Å². The van der Waals surface area contributed by atoms with Crippen LogP contribution in [0.25, 0.3) is 16.6 Å². The molecule has 154 valence electrons. The minimum Gasteiger partial charge on any atom is -0.379 e. The fourth-order valence-corrected chi connectivity index (χ4v) is 4.24. The molecule has 2 heterocycles. The number of nitrogens with two attached hydrogens (primary N) is 2. The number of benzene rings is 1. The second-order valence-electron chi connectivity index (χ2n) is 8.92. The summed E-state index contributed by atoms with van der Waals surface area (Å²) >= 11 is 0. The van der Waals surface area contributed by atoms with Crippen molar-refractivity contribution in [3.05, 3.63) is 53.9 Å². The van der Waals surface area contributed by atoms with Gasteiger partial charge in [0, 0.05) is 28.8 Å². The summed E-state index contributed by atoms with van der Waals surface area (Å²) in [5, 5.41) is 17.0. The zero-order chi connectivity index (χ0) is 21.7. The molecule has 0 spiro atoms. The molecule has 5 N–H and O–H groups in total. The van der Waals surface area contributed by atoms with Crippen molar-refractivity contribution >= 4 is 17.1 Å². The quantitative estimate of drug-likeness (QED) is 0.618. The Morgan fingerprint density at radius 2 is 1.97 bits per heavy atom. The van der Waals surface area contributed by atoms with E-state index in [4.69, 9.17) is 16.7 Å². The highest BCUT2D eigenvalue weighted by Crippen LogP contribution is 2.46. The van der Waals surface area contributed by atoms with Crippen molar-refractivity contribution < 1.29 is 4.79 Å². The van der Waals surface area contributed by atoms with Crippen molar-refractivity contribution in [3.63, 3.8) is 0 Å². The Balaban J connectivity index is 1.81. The van der Waals surface area contributed by atoms with Crippen LogP contribution in [-0.2, 0) is 0 Å². The van der Waals surface area contributed by atoms with Crippen molar-refractivity contribution in [3.8, 4) is 17.2 Å². The van der Waals surface area contributed by atoms with Gasteiger partial charge in [0.25, 0.3) is 5.91 Å². The molecule has 1 amide bonds. The molecule has 1 aliphatic rings. The summed E-state index contributed by atoms with van der Waals surface area (Å²) in [6.07, 6.45) is 5.20. The van der Waals surface area contributed by atoms with E-state index in [0.717, 1.165) is 29.5 Å². The number of rotatable bonds is 4. The van der Waals surface area contributed by atoms with Crippen molar-refractivity contribution in [2.45, 2.75) is 45.2 Å². The normalized spacial score (nSPS) is 22.7. The molecule has 0 radical (unpaired) electrons. The van der Waals surface area contributed by atoms with E-state index in [1.165, 1.54) is 6.20 Å². The van der Waals surface area contributed by atoms with Gasteiger partial charge in [-0.3, -0.25) is 4.79 Å². The Bertz CT molecular complexity index is 1170. The number of nitrogens with one attached hydrogen (secondary N) is 1. The van der Waals surface area contributed by atoms with E-state index in [1.54, 1.807) is 16.6 Å². The van der Waals surface area contributed by atoms with Gasteiger partial charge in [0.1, 0.15) is 0 Å². The molecule has 2 atom stereocenters. The summed E-state index contributed by atoms with van der Waals surface area (Å²) in [7, 11) is 0. The first kappa shape index (κ1) is 19.9. The third kappa shape index (κ3) is 3.10. The molecular weight excluding hydrogens is 376 g/mol. The van der Waals surface area contributed by atoms with Gasteiger partial charge in [0.2, 0.25) is 0 Å². The SMILES string of the molecule is CC1(C)[C@H](Nc2c(C(N)=O)cnn3cc(-c4ccc(C#N)cc4)cc23)CC[C@@]1(C)N. The van der Waals surface area contributed by atoms with Gasteiger partial charge in [-0.25, -0.2) is 4.52 Å². The number of primary amides is 1. The van der Waals surface area contributed by atoms with Crippen molar-refractivity contribution in [1.82, 2.24) is 9.61 Å². The first-order valence-electron chi connectivity index (χ1n) is 10.0. The lowest BCUT2D eigenvalue weighted by molar-refractivity contribution is 0.100. The number of fused-ring (bicyclic) bond motifs is 1. The third-order valence-electron chi connectivity index (χ3n) is 6.86. The molecule has 0 saturated heterocycles. The summed E-state index contributed by atoms with van der Waals surface area (Å²) in [6, 6.07) is 11.5. The Kier molecular flexibility index (Phi) is 4.55. The van der Waals surface area contributed by atoms with Gasteiger partial charge in [-0.1, -0.05) is 26.0 Å². The van der Waals surface area contributed by atoms with E-state index in [0.29, 0.717) is 16.8 Å². The molecule has 0 unspecified atom stereocenters. The maximum Gasteiger partial charge on any atom is 0.252 e. The Morgan fingerprint density at radius 3 is 2.53 bits per heavy atom. The van der Waals surface area contributed by atoms with E-state index in [2.05, 4.69) is 37.3 Å². The van der Waals surface area contributed by atoms with Crippen molar-refractivity contribution in [2.24, 2.45) is 16.9 Å². The van der Waals surface area contributed by atoms with Crippen LogP contribution in [0.2, 0.25) is 0 Å². The number of carbonyl (C=O) groups is 1. The monoisotopic (exact) mass is 402 g/mol. The minimum absolute atomic E-state index is 0.0880. The van der Waals surface area contributed by atoms with Gasteiger partial charge in [-0.2, -0.15) is 10.4 Å². The zero-order valence-electron chi connectivity index (χ0n) is 17.4. The number of amides is 1. The molecule has 3 aromatic rings. The van der Waals surface area contributed by atoms with Crippen molar-refractivity contribution in [2.75, 3.05) is 5.32 Å². The van der Waals surface area contributed by atoms with Gasteiger partial charge in [0.15, 0.2) is 0 Å². The number of anilines is 1. The number of nitriles is 1. The summed E-state index contributed by atoms with van der Waals surface area (Å²) in [5.41, 5.74) is 16.0. The topological polar surface area (TPSA) is 122 Å². The molecule has 4 rings (SSSR count). The van der Waals surface area contributed by atoms with Crippen LogP contribution < -0.4 is 16.8 Å². The van der Waals surface area contributed by atoms with Crippen LogP contribution in [0, 0.1) is 16.7 Å². The molecule has 2 aromatic heterocycles. The fraction of sp³-hybridized carbons (Fsp3) is 0.348. The Hall–Kier alpha value is -3.37. The molecule has 7 nitrogen and oxygen atoms in total. The lowest BCUT2D eigenvalue weighted by Gasteiger charge is -2.39. The second-order valence-corrected chi connectivity index (χ2v) is 8.92. The molecule has 1 saturated carbocycles. The third-order valence-corrected chi connectivity index (χ3v) is 6.86. The summed E-state index contributed by atoms with van der Waals surface area (Å²) in [4.78, 5) is 12.2. The average molecular weight is 403 g/mol. The highest BCUT2D eigenvalue weighted by molar-refractivity contribution is 6.02. The standard InChI is InChI=1S/C23H26N6O/c1-22(2)19(8-9-23(22,3)26)28-20-17(21(25)30)12-27-29-13-16(10-18(20)29)15-6-4-14(11-24)5-7-15/h4-7,10,12-13,19,28H,8-9,26H2,1-3H3,(H2,25,30)/t19-,23-/m1/s1. The fourth-order valence-electron chi connectivity index (χ4n) is 4.24. The van der Waals surface area contributed by atoms with Crippen LogP contribution in [0.5, 0.6) is 0 Å². The first-order valence-corrected chi connectivity index (χ1v) is 10.0. The first-order chi connectivity index (χ1) is 14.1. The summed E-state index contributed by atoms with van der Waals surface area (Å²) in [6.45, 7) is 6.38. The van der Waals surface area contributed by atoms with Crippen LogP contribution in [0.15, 0.2) is 42.7 Å². The molecule has 1 aliphatic carbocycles. The largest absolute Gasteiger partial charge is 0.379 e. The van der Waals surface area contributed by atoms with E-state index in [1.807, 2.05) is 24.4 Å². The molecule has 1 aromatic carbocycles. The Labute approximate surface area is 175 Å². The zero-order valence-corrected chi connectivity index (χ0v) is 17.4. The average Bonchev–Trinajstić information content (AvgIpc) is 3.22. The van der Waals surface area contributed by atoms with Gasteiger partial charge in [-0.15, -0.1) is 0 Å². The van der Waals surface area contributed by atoms with Gasteiger partial charge >= 0.3 is 0 Å². The van der Waals surface area contributed by atoms with E-state index >= 15 is 0 Å². The predicted molar refractivity (Wildman–Crippen MR) is 117 cm³/mol. The number of nitrogens with zero attached hydrogens (tertiary/aromatic N) is 3. The van der Waals surface area contributed by atoms with E-state index in [9.17, 15) is 4.79 Å². The van der Waals surface area contributed by atoms with Crippen LogP contribution in [-0.4, -0.2) is 27.1 Å². The van der Waals surface area contributed by atoms with E-state index in [-0.39, 0.29) is 17.0 Å². The predicted octanol–water partition coefficient (Wildman–Crippen LogP) is 3.29. The van der Waals surface area contributed by atoms with E-state index < -0.39 is 5.91 Å². The maximum atomic E-state index is 12.2. The number of hydrogen-bond donors (Lipinski definition) is 3. The lowest BCUT2D eigenvalue weighted by Crippen LogP contribution is -2.51. The molecule has 30 heavy (non-hydrogen) atoms. The van der Waals surface area contributed by atoms with Gasteiger partial charge < -0.3 is 16.8 Å². The Morgan fingerprint density at radius 1 is 1.27 bits per heavy atom. The molecular formula is C23H26N6O. The molecule has 0 bridgehead atoms. The highest BCUT2D eigenvalue weighted by atomic mass is 16.1.